The van der Waals surface area contributed by atoms with Crippen molar-refractivity contribution in [3.63, 3.8) is 0 Å². The Morgan fingerprint density at radius 2 is 1.46 bits per heavy atom. The van der Waals surface area contributed by atoms with Crippen LogP contribution in [0.2, 0.25) is 0 Å². The lowest BCUT2D eigenvalue weighted by Gasteiger charge is -2.30. The fourth-order valence-corrected chi connectivity index (χ4v) is 5.09. The summed E-state index contributed by atoms with van der Waals surface area (Å²) in [5.41, 5.74) is 1.80. The average Bonchev–Trinajstić information content (AvgIpc) is 3.48. The van der Waals surface area contributed by atoms with E-state index in [1.165, 1.54) is 4.90 Å². The highest BCUT2D eigenvalue weighted by Crippen LogP contribution is 2.51. The molecule has 2 heterocycles. The number of hydrogen-bond acceptors (Lipinski definition) is 8. The van der Waals surface area contributed by atoms with Crippen LogP contribution in [0.4, 0.5) is 11.4 Å². The summed E-state index contributed by atoms with van der Waals surface area (Å²) in [6.07, 6.45) is 0.967. The van der Waals surface area contributed by atoms with Crippen molar-refractivity contribution < 1.29 is 33.4 Å². The molecule has 0 aromatic heterocycles. The number of fused-ring (bicyclic) bond motifs is 1. The van der Waals surface area contributed by atoms with Crippen LogP contribution in [-0.2, 0) is 14.4 Å². The first-order valence-corrected chi connectivity index (χ1v) is 12.9. The van der Waals surface area contributed by atoms with Gasteiger partial charge < -0.3 is 18.9 Å². The fraction of sp³-hybridized carbons (Fsp3) is 0.333. The van der Waals surface area contributed by atoms with Crippen LogP contribution in [0.5, 0.6) is 23.0 Å². The lowest BCUT2D eigenvalue weighted by molar-refractivity contribution is -0.126. The van der Waals surface area contributed by atoms with Crippen molar-refractivity contribution in [2.24, 2.45) is 5.92 Å². The van der Waals surface area contributed by atoms with Gasteiger partial charge in [-0.1, -0.05) is 31.5 Å². The Labute approximate surface area is 227 Å². The monoisotopic (exact) mass is 532 g/mol. The number of para-hydroxylation sites is 1. The van der Waals surface area contributed by atoms with Gasteiger partial charge in [0.25, 0.3) is 5.91 Å². The first kappa shape index (κ1) is 26.4. The number of unbranched alkanes of at least 4 members (excludes halogenated alkanes) is 1. The number of methoxy groups -OCH3 is 3. The van der Waals surface area contributed by atoms with Crippen LogP contribution >= 0.6 is 0 Å². The van der Waals surface area contributed by atoms with Crippen LogP contribution < -0.4 is 28.9 Å². The molecular formula is C30H32N2O7. The number of carbonyl (C=O) groups excluding carboxylic acids is 2. The maximum Gasteiger partial charge on any atom is 0.266 e. The molecule has 39 heavy (non-hydrogen) atoms. The molecule has 0 bridgehead atoms. The summed E-state index contributed by atoms with van der Waals surface area (Å²) in [5, 5.41) is 1.62. The molecule has 2 aliphatic rings. The van der Waals surface area contributed by atoms with E-state index in [4.69, 9.17) is 23.8 Å². The number of amides is 2. The van der Waals surface area contributed by atoms with Crippen molar-refractivity contribution in [3.8, 4) is 23.0 Å². The van der Waals surface area contributed by atoms with E-state index < -0.39 is 24.0 Å². The molecule has 0 radical (unpaired) electrons. The molecule has 5 rings (SSSR count). The van der Waals surface area contributed by atoms with Crippen LogP contribution in [0.15, 0.2) is 66.7 Å². The molecule has 0 aliphatic carbocycles. The molecule has 3 atom stereocenters. The number of benzene rings is 3. The largest absolute Gasteiger partial charge is 0.496 e. The van der Waals surface area contributed by atoms with E-state index in [1.807, 2.05) is 30.3 Å². The number of hydroxylamine groups is 1. The molecule has 0 unspecified atom stereocenters. The zero-order valence-electron chi connectivity index (χ0n) is 22.5. The van der Waals surface area contributed by atoms with Gasteiger partial charge in [0, 0.05) is 11.6 Å². The minimum Gasteiger partial charge on any atom is -0.496 e. The minimum absolute atomic E-state index is 0.357. The van der Waals surface area contributed by atoms with E-state index >= 15 is 0 Å². The predicted molar refractivity (Wildman–Crippen MR) is 145 cm³/mol. The van der Waals surface area contributed by atoms with Crippen LogP contribution in [0.1, 0.15) is 31.4 Å². The lowest BCUT2D eigenvalue weighted by Crippen LogP contribution is -2.37. The van der Waals surface area contributed by atoms with Gasteiger partial charge in [0.15, 0.2) is 17.6 Å². The normalized spacial score (nSPS) is 20.3. The molecule has 3 aromatic carbocycles. The second kappa shape index (κ2) is 11.2. The summed E-state index contributed by atoms with van der Waals surface area (Å²) in [6.45, 7) is 2.71. The van der Waals surface area contributed by atoms with E-state index in [-0.39, 0.29) is 5.91 Å². The Hall–Kier alpha value is -4.24. The maximum atomic E-state index is 14.0. The van der Waals surface area contributed by atoms with Gasteiger partial charge in [0.05, 0.1) is 39.3 Å². The summed E-state index contributed by atoms with van der Waals surface area (Å²) >= 11 is 0. The second-order valence-corrected chi connectivity index (χ2v) is 9.31. The molecule has 9 heteroatoms. The Balaban J connectivity index is 1.54. The molecule has 3 aromatic rings. The number of hydrogen-bond donors (Lipinski definition) is 0. The van der Waals surface area contributed by atoms with E-state index in [2.05, 4.69) is 6.92 Å². The average molecular weight is 533 g/mol. The SMILES string of the molecule is CCCCOc1ccc(N2C(=O)[C@H]3[C@H](ON(c4ccccc4)[C@@H]3c3cc(OC)c(OC)cc3OC)C2=O)cc1. The van der Waals surface area contributed by atoms with Crippen molar-refractivity contribution in [2.45, 2.75) is 31.9 Å². The first-order chi connectivity index (χ1) is 19.0. The first-order valence-electron chi connectivity index (χ1n) is 12.9. The number of imide groups is 1. The van der Waals surface area contributed by atoms with Gasteiger partial charge in [0.2, 0.25) is 5.91 Å². The third kappa shape index (κ3) is 4.74. The highest BCUT2D eigenvalue weighted by atomic mass is 16.7. The molecule has 2 aliphatic heterocycles. The summed E-state index contributed by atoms with van der Waals surface area (Å²) in [7, 11) is 4.63. The van der Waals surface area contributed by atoms with Crippen LogP contribution in [-0.4, -0.2) is 45.9 Å². The maximum absolute atomic E-state index is 14.0. The third-order valence-corrected chi connectivity index (χ3v) is 7.04. The molecule has 2 saturated heterocycles. The molecule has 204 valence electrons. The number of ether oxygens (including phenoxy) is 4. The molecule has 0 N–H and O–H groups in total. The Morgan fingerprint density at radius 1 is 0.795 bits per heavy atom. The van der Waals surface area contributed by atoms with Gasteiger partial charge in [0.1, 0.15) is 23.5 Å². The van der Waals surface area contributed by atoms with Gasteiger partial charge in [-0.3, -0.25) is 14.4 Å². The van der Waals surface area contributed by atoms with E-state index in [0.717, 1.165) is 12.8 Å². The number of nitrogens with zero attached hydrogens (tertiary/aromatic N) is 2. The summed E-state index contributed by atoms with van der Waals surface area (Å²) < 4.78 is 22.5. The highest BCUT2D eigenvalue weighted by Gasteiger charge is 2.61. The minimum atomic E-state index is -1.01. The molecule has 9 nitrogen and oxygen atoms in total. The van der Waals surface area contributed by atoms with E-state index in [1.54, 1.807) is 62.8 Å². The van der Waals surface area contributed by atoms with Crippen molar-refractivity contribution in [1.29, 1.82) is 0 Å². The summed E-state index contributed by atoms with van der Waals surface area (Å²) in [4.78, 5) is 35.1. The van der Waals surface area contributed by atoms with E-state index in [0.29, 0.717) is 46.5 Å². The van der Waals surface area contributed by atoms with Gasteiger partial charge in [-0.25, -0.2) is 9.96 Å². The van der Waals surface area contributed by atoms with Crippen molar-refractivity contribution in [2.75, 3.05) is 37.9 Å². The number of rotatable bonds is 10. The zero-order chi connectivity index (χ0) is 27.5. The van der Waals surface area contributed by atoms with Crippen LogP contribution in [0.25, 0.3) is 0 Å². The Bertz CT molecular complexity index is 1330. The van der Waals surface area contributed by atoms with Gasteiger partial charge in [-0.15, -0.1) is 0 Å². The number of carbonyl (C=O) groups is 2. The quantitative estimate of drug-likeness (QED) is 0.268. The number of anilines is 2. The van der Waals surface area contributed by atoms with Gasteiger partial charge >= 0.3 is 0 Å². The summed E-state index contributed by atoms with van der Waals surface area (Å²) in [5.74, 6) is 0.511. The Kier molecular flexibility index (Phi) is 7.60. The standard InChI is InChI=1S/C30H32N2O7/c1-5-6-16-38-21-14-12-19(13-15-21)31-29(33)26-27(22-17-24(36-3)25(37-4)18-23(22)35-2)32(39-28(26)30(31)34)20-10-8-7-9-11-20/h7-15,17-18,26-28H,5-6,16H2,1-4H3/t26-,27-,28+/m1/s1. The molecule has 2 amide bonds. The fourth-order valence-electron chi connectivity index (χ4n) is 5.09. The second-order valence-electron chi connectivity index (χ2n) is 9.31. The third-order valence-electron chi connectivity index (χ3n) is 7.04. The van der Waals surface area contributed by atoms with Gasteiger partial charge in [-0.2, -0.15) is 0 Å². The predicted octanol–water partition coefficient (Wildman–Crippen LogP) is 4.94. The highest BCUT2D eigenvalue weighted by molar-refractivity contribution is 6.24. The summed E-state index contributed by atoms with van der Waals surface area (Å²) in [6, 6.07) is 19.1. The van der Waals surface area contributed by atoms with Crippen molar-refractivity contribution in [1.82, 2.24) is 0 Å². The Morgan fingerprint density at radius 3 is 2.10 bits per heavy atom. The van der Waals surface area contributed by atoms with Crippen LogP contribution in [0, 0.1) is 5.92 Å². The molecular weight excluding hydrogens is 500 g/mol. The smallest absolute Gasteiger partial charge is 0.266 e. The molecule has 0 spiro atoms. The van der Waals surface area contributed by atoms with Gasteiger partial charge in [-0.05, 0) is 48.9 Å². The lowest BCUT2D eigenvalue weighted by atomic mass is 9.89. The molecule has 2 fully saturated rings. The van der Waals surface area contributed by atoms with Crippen molar-refractivity contribution in [3.05, 3.63) is 72.3 Å². The van der Waals surface area contributed by atoms with Crippen LogP contribution in [0.3, 0.4) is 0 Å². The topological polar surface area (TPSA) is 86.8 Å². The van der Waals surface area contributed by atoms with E-state index in [9.17, 15) is 9.59 Å². The zero-order valence-corrected chi connectivity index (χ0v) is 22.5. The van der Waals surface area contributed by atoms with Crippen molar-refractivity contribution >= 4 is 23.2 Å². The molecule has 0 saturated carbocycles.